The predicted octanol–water partition coefficient (Wildman–Crippen LogP) is 2.86. The van der Waals surface area contributed by atoms with Gasteiger partial charge in [0, 0.05) is 5.92 Å². The minimum atomic E-state index is -0.288. The van der Waals surface area contributed by atoms with Gasteiger partial charge in [-0.05, 0) is 56.6 Å². The number of ether oxygens (including phenoxy) is 1. The predicted molar refractivity (Wildman–Crippen MR) is 79.9 cm³/mol. The van der Waals surface area contributed by atoms with Crippen LogP contribution < -0.4 is 10.1 Å². The first-order chi connectivity index (χ1) is 9.13. The minimum absolute atomic E-state index is 0.169. The van der Waals surface area contributed by atoms with Crippen molar-refractivity contribution in [1.29, 1.82) is 0 Å². The van der Waals surface area contributed by atoms with E-state index in [0.717, 1.165) is 31.6 Å². The third-order valence-corrected chi connectivity index (χ3v) is 3.64. The smallest absolute Gasteiger partial charge is 0.119 e. The Morgan fingerprint density at radius 1 is 1.32 bits per heavy atom. The second-order valence-corrected chi connectivity index (χ2v) is 5.08. The standard InChI is InChI=1S/C16H27NO2/c1-5-6-16(18)14(9-10-17-3)15-11-13(19-4)8-7-12(15)2/h7-8,11,14,16-18H,5-6,9-10H2,1-4H3. The summed E-state index contributed by atoms with van der Waals surface area (Å²) < 4.78 is 5.31. The van der Waals surface area contributed by atoms with Crippen molar-refractivity contribution in [2.24, 2.45) is 0 Å². The summed E-state index contributed by atoms with van der Waals surface area (Å²) in [7, 11) is 3.63. The quantitative estimate of drug-likeness (QED) is 0.759. The van der Waals surface area contributed by atoms with Crippen molar-refractivity contribution in [2.45, 2.75) is 45.1 Å². The molecule has 0 aliphatic heterocycles. The molecule has 0 spiro atoms. The Balaban J connectivity index is 3.00. The molecule has 1 aromatic rings. The van der Waals surface area contributed by atoms with E-state index in [1.165, 1.54) is 11.1 Å². The lowest BCUT2D eigenvalue weighted by Gasteiger charge is -2.25. The Kier molecular flexibility index (Phi) is 6.89. The molecule has 0 saturated carbocycles. The van der Waals surface area contributed by atoms with Crippen LogP contribution >= 0.6 is 0 Å². The van der Waals surface area contributed by atoms with Crippen molar-refractivity contribution in [3.8, 4) is 5.75 Å². The van der Waals surface area contributed by atoms with E-state index >= 15 is 0 Å². The van der Waals surface area contributed by atoms with E-state index in [-0.39, 0.29) is 12.0 Å². The molecule has 2 N–H and O–H groups in total. The Bertz CT molecular complexity index is 379. The van der Waals surface area contributed by atoms with Crippen molar-refractivity contribution in [2.75, 3.05) is 20.7 Å². The number of benzene rings is 1. The molecule has 19 heavy (non-hydrogen) atoms. The zero-order chi connectivity index (χ0) is 14.3. The highest BCUT2D eigenvalue weighted by atomic mass is 16.5. The van der Waals surface area contributed by atoms with Crippen LogP contribution in [0.15, 0.2) is 18.2 Å². The van der Waals surface area contributed by atoms with E-state index in [1.54, 1.807) is 7.11 Å². The fourth-order valence-electron chi connectivity index (χ4n) is 2.50. The second kappa shape index (κ2) is 8.18. The van der Waals surface area contributed by atoms with Gasteiger partial charge in [0.15, 0.2) is 0 Å². The average Bonchev–Trinajstić information content (AvgIpc) is 2.41. The van der Waals surface area contributed by atoms with E-state index in [9.17, 15) is 5.11 Å². The highest BCUT2D eigenvalue weighted by Gasteiger charge is 2.22. The van der Waals surface area contributed by atoms with Crippen LogP contribution in [0.3, 0.4) is 0 Å². The van der Waals surface area contributed by atoms with Crippen LogP contribution in [-0.2, 0) is 0 Å². The number of hydrogen-bond donors (Lipinski definition) is 2. The van der Waals surface area contributed by atoms with Gasteiger partial charge in [0.2, 0.25) is 0 Å². The first-order valence-electron chi connectivity index (χ1n) is 7.11. The molecule has 1 rings (SSSR count). The molecule has 3 nitrogen and oxygen atoms in total. The molecular weight excluding hydrogens is 238 g/mol. The zero-order valence-electron chi connectivity index (χ0n) is 12.6. The van der Waals surface area contributed by atoms with Gasteiger partial charge in [0.05, 0.1) is 13.2 Å². The number of aliphatic hydroxyl groups excluding tert-OH is 1. The van der Waals surface area contributed by atoms with E-state index in [4.69, 9.17) is 4.74 Å². The maximum atomic E-state index is 10.4. The molecule has 108 valence electrons. The van der Waals surface area contributed by atoms with Crippen LogP contribution in [0, 0.1) is 6.92 Å². The number of hydrogen-bond acceptors (Lipinski definition) is 3. The fraction of sp³-hybridized carbons (Fsp3) is 0.625. The number of aliphatic hydroxyl groups is 1. The number of aryl methyl sites for hydroxylation is 1. The normalized spacial score (nSPS) is 14.2. The summed E-state index contributed by atoms with van der Waals surface area (Å²) in [4.78, 5) is 0. The summed E-state index contributed by atoms with van der Waals surface area (Å²) in [5.41, 5.74) is 2.42. The van der Waals surface area contributed by atoms with Gasteiger partial charge in [0.1, 0.15) is 5.75 Å². The molecule has 0 saturated heterocycles. The van der Waals surface area contributed by atoms with Crippen molar-refractivity contribution in [1.82, 2.24) is 5.32 Å². The first-order valence-corrected chi connectivity index (χ1v) is 7.11. The van der Waals surface area contributed by atoms with Crippen molar-refractivity contribution < 1.29 is 9.84 Å². The third-order valence-electron chi connectivity index (χ3n) is 3.64. The van der Waals surface area contributed by atoms with Gasteiger partial charge < -0.3 is 15.2 Å². The summed E-state index contributed by atoms with van der Waals surface area (Å²) in [5.74, 6) is 1.03. The molecule has 0 aromatic heterocycles. The molecule has 2 atom stereocenters. The molecule has 0 heterocycles. The molecule has 0 radical (unpaired) electrons. The summed E-state index contributed by atoms with van der Waals surface area (Å²) in [6.45, 7) is 5.11. The molecule has 0 bridgehead atoms. The Hall–Kier alpha value is -1.06. The van der Waals surface area contributed by atoms with Crippen LogP contribution in [0.2, 0.25) is 0 Å². The lowest BCUT2D eigenvalue weighted by Crippen LogP contribution is -2.23. The second-order valence-electron chi connectivity index (χ2n) is 5.08. The summed E-state index contributed by atoms with van der Waals surface area (Å²) in [5, 5.41) is 13.6. The molecule has 0 aliphatic carbocycles. The van der Waals surface area contributed by atoms with Crippen LogP contribution in [0.5, 0.6) is 5.75 Å². The molecular formula is C16H27NO2. The van der Waals surface area contributed by atoms with E-state index in [2.05, 4.69) is 31.3 Å². The minimum Gasteiger partial charge on any atom is -0.497 e. The largest absolute Gasteiger partial charge is 0.497 e. The maximum Gasteiger partial charge on any atom is 0.119 e. The summed E-state index contributed by atoms with van der Waals surface area (Å²) >= 11 is 0. The van der Waals surface area contributed by atoms with Crippen LogP contribution in [-0.4, -0.2) is 31.9 Å². The SMILES string of the molecule is CCCC(O)C(CCNC)c1cc(OC)ccc1C. The topological polar surface area (TPSA) is 41.5 Å². The Labute approximate surface area is 117 Å². The molecule has 0 aliphatic rings. The van der Waals surface area contributed by atoms with Crippen molar-refractivity contribution in [3.63, 3.8) is 0 Å². The fourth-order valence-corrected chi connectivity index (χ4v) is 2.50. The highest BCUT2D eigenvalue weighted by molar-refractivity contribution is 5.37. The Morgan fingerprint density at radius 2 is 2.05 bits per heavy atom. The molecule has 2 unspecified atom stereocenters. The number of rotatable bonds is 8. The monoisotopic (exact) mass is 265 g/mol. The van der Waals surface area contributed by atoms with Gasteiger partial charge in [-0.15, -0.1) is 0 Å². The third kappa shape index (κ3) is 4.51. The van der Waals surface area contributed by atoms with Crippen LogP contribution in [0.25, 0.3) is 0 Å². The highest BCUT2D eigenvalue weighted by Crippen LogP contribution is 2.31. The van der Waals surface area contributed by atoms with E-state index in [1.807, 2.05) is 13.1 Å². The van der Waals surface area contributed by atoms with Gasteiger partial charge in [-0.1, -0.05) is 19.4 Å². The van der Waals surface area contributed by atoms with Crippen molar-refractivity contribution in [3.05, 3.63) is 29.3 Å². The molecule has 1 aromatic carbocycles. The summed E-state index contributed by atoms with van der Waals surface area (Å²) in [6, 6.07) is 6.11. The molecule has 0 amide bonds. The van der Waals surface area contributed by atoms with Crippen LogP contribution in [0.4, 0.5) is 0 Å². The molecule has 3 heteroatoms. The van der Waals surface area contributed by atoms with Gasteiger partial charge in [0.25, 0.3) is 0 Å². The van der Waals surface area contributed by atoms with Gasteiger partial charge in [-0.25, -0.2) is 0 Å². The lowest BCUT2D eigenvalue weighted by molar-refractivity contribution is 0.128. The lowest BCUT2D eigenvalue weighted by atomic mass is 9.85. The van der Waals surface area contributed by atoms with Gasteiger partial charge in [-0.2, -0.15) is 0 Å². The maximum absolute atomic E-state index is 10.4. The van der Waals surface area contributed by atoms with E-state index < -0.39 is 0 Å². The number of methoxy groups -OCH3 is 1. The Morgan fingerprint density at radius 3 is 2.63 bits per heavy atom. The van der Waals surface area contributed by atoms with Gasteiger partial charge >= 0.3 is 0 Å². The zero-order valence-corrected chi connectivity index (χ0v) is 12.6. The van der Waals surface area contributed by atoms with Gasteiger partial charge in [-0.3, -0.25) is 0 Å². The molecule has 0 fully saturated rings. The average molecular weight is 265 g/mol. The van der Waals surface area contributed by atoms with Crippen LogP contribution in [0.1, 0.15) is 43.2 Å². The first kappa shape index (κ1) is 16.0. The number of nitrogens with one attached hydrogen (secondary N) is 1. The summed E-state index contributed by atoms with van der Waals surface area (Å²) in [6.07, 6.45) is 2.49. The van der Waals surface area contributed by atoms with Crippen molar-refractivity contribution >= 4 is 0 Å². The van der Waals surface area contributed by atoms with E-state index in [0.29, 0.717) is 0 Å².